The summed E-state index contributed by atoms with van der Waals surface area (Å²) in [5, 5.41) is 9.73. The van der Waals surface area contributed by atoms with Gasteiger partial charge in [-0.1, -0.05) is 382 Å². The van der Waals surface area contributed by atoms with Crippen molar-refractivity contribution in [3.8, 4) is 0 Å². The number of ether oxygens (including phenoxy) is 2. The van der Waals surface area contributed by atoms with Gasteiger partial charge in [-0.2, -0.15) is 0 Å². The van der Waals surface area contributed by atoms with Gasteiger partial charge in [0, 0.05) is 12.8 Å². The second-order valence-corrected chi connectivity index (χ2v) is 25.7. The maximum Gasteiger partial charge on any atom is 0.306 e. The van der Waals surface area contributed by atoms with E-state index in [9.17, 15) is 14.7 Å². The van der Waals surface area contributed by atoms with Crippen molar-refractivity contribution in [1.29, 1.82) is 0 Å². The number of rotatable bonds is 71. The minimum Gasteiger partial charge on any atom is -0.462 e. The number of carbonyl (C=O) groups is 2. The summed E-state index contributed by atoms with van der Waals surface area (Å²) in [5.74, 6) is -0.600. The second-order valence-electron chi connectivity index (χ2n) is 25.7. The Hall–Kier alpha value is -5.00. The fourth-order valence-electron chi connectivity index (χ4n) is 10.9. The van der Waals surface area contributed by atoms with Gasteiger partial charge in [0.2, 0.25) is 0 Å². The van der Waals surface area contributed by atoms with Gasteiger partial charge < -0.3 is 14.6 Å². The molecule has 1 N–H and O–H groups in total. The van der Waals surface area contributed by atoms with Crippen molar-refractivity contribution in [3.05, 3.63) is 182 Å². The van der Waals surface area contributed by atoms with E-state index >= 15 is 0 Å². The van der Waals surface area contributed by atoms with Gasteiger partial charge in [0.1, 0.15) is 6.61 Å². The molecule has 5 heteroatoms. The van der Waals surface area contributed by atoms with Gasteiger partial charge >= 0.3 is 11.9 Å². The predicted octanol–water partition coefficient (Wildman–Crippen LogP) is 28.1. The Balaban J connectivity index is 3.52. The van der Waals surface area contributed by atoms with E-state index < -0.39 is 6.10 Å². The molecule has 0 aliphatic rings. The van der Waals surface area contributed by atoms with E-state index in [1.165, 1.54) is 180 Å². The Labute approximate surface area is 582 Å². The Morgan fingerprint density at radius 1 is 0.245 bits per heavy atom. The van der Waals surface area contributed by atoms with E-state index in [-0.39, 0.29) is 25.2 Å². The maximum atomic E-state index is 12.4. The van der Waals surface area contributed by atoms with Crippen molar-refractivity contribution in [3.63, 3.8) is 0 Å². The van der Waals surface area contributed by atoms with Crippen LogP contribution in [0.1, 0.15) is 348 Å². The zero-order chi connectivity index (χ0) is 67.5. The molecule has 0 aliphatic heterocycles. The summed E-state index contributed by atoms with van der Waals surface area (Å²) >= 11 is 0. The molecule has 5 nitrogen and oxygen atoms in total. The van der Waals surface area contributed by atoms with Crippen molar-refractivity contribution in [2.24, 2.45) is 0 Å². The van der Waals surface area contributed by atoms with E-state index in [2.05, 4.69) is 196 Å². The molecule has 0 fully saturated rings. The van der Waals surface area contributed by atoms with Crippen molar-refractivity contribution >= 4 is 11.9 Å². The molecule has 0 bridgehead atoms. The molecule has 0 aromatic heterocycles. The average Bonchev–Trinajstić information content (AvgIpc) is 3.77. The fourth-order valence-corrected chi connectivity index (χ4v) is 10.9. The zero-order valence-electron chi connectivity index (χ0n) is 61.2. The molecule has 0 aromatic rings. The molecule has 0 aromatic carbocycles. The molecule has 0 rings (SSSR count). The molecule has 1 unspecified atom stereocenters. The van der Waals surface area contributed by atoms with Crippen LogP contribution in [0.3, 0.4) is 0 Å². The number of carbonyl (C=O) groups excluding carboxylic acids is 2. The molecule has 1 atom stereocenters. The van der Waals surface area contributed by atoms with Crippen molar-refractivity contribution in [1.82, 2.24) is 0 Å². The summed E-state index contributed by atoms with van der Waals surface area (Å²) < 4.78 is 10.8. The molecular formula is C89H146O5. The monoisotopic (exact) mass is 1300 g/mol. The lowest BCUT2D eigenvalue weighted by Gasteiger charge is -2.15. The molecule has 532 valence electrons. The average molecular weight is 1300 g/mol. The minimum absolute atomic E-state index is 0.0763. The third-order valence-corrected chi connectivity index (χ3v) is 16.7. The molecule has 0 heterocycles. The van der Waals surface area contributed by atoms with Crippen LogP contribution in [0.5, 0.6) is 0 Å². The van der Waals surface area contributed by atoms with Crippen LogP contribution in [0.4, 0.5) is 0 Å². The predicted molar refractivity (Wildman–Crippen MR) is 416 cm³/mol. The largest absolute Gasteiger partial charge is 0.462 e. The van der Waals surface area contributed by atoms with Crippen LogP contribution < -0.4 is 0 Å². The number of hydrogen-bond acceptors (Lipinski definition) is 5. The number of aliphatic hydroxyl groups excluding tert-OH is 1. The smallest absolute Gasteiger partial charge is 0.306 e. The van der Waals surface area contributed by atoms with Crippen LogP contribution in [0.15, 0.2) is 182 Å². The topological polar surface area (TPSA) is 72.8 Å². The normalized spacial score (nSPS) is 13.3. The van der Waals surface area contributed by atoms with E-state index in [4.69, 9.17) is 9.47 Å². The number of esters is 2. The highest BCUT2D eigenvalue weighted by Crippen LogP contribution is 2.18. The first-order valence-corrected chi connectivity index (χ1v) is 39.3. The van der Waals surface area contributed by atoms with E-state index in [1.807, 2.05) is 0 Å². The van der Waals surface area contributed by atoms with Crippen LogP contribution >= 0.6 is 0 Å². The fraction of sp³-hybridized carbons (Fsp3) is 0.640. The number of hydrogen-bond donors (Lipinski definition) is 1. The lowest BCUT2D eigenvalue weighted by Crippen LogP contribution is -2.28. The van der Waals surface area contributed by atoms with Crippen LogP contribution in [-0.2, 0) is 19.1 Å². The highest BCUT2D eigenvalue weighted by molar-refractivity contribution is 5.70. The lowest BCUT2D eigenvalue weighted by molar-refractivity contribution is -0.161. The Kier molecular flexibility index (Phi) is 77.9. The van der Waals surface area contributed by atoms with Crippen molar-refractivity contribution in [2.45, 2.75) is 354 Å². The Morgan fingerprint density at radius 3 is 0.638 bits per heavy atom. The van der Waals surface area contributed by atoms with Crippen LogP contribution in [0.25, 0.3) is 0 Å². The summed E-state index contributed by atoms with van der Waals surface area (Å²) in [4.78, 5) is 24.7. The second kappa shape index (κ2) is 82.2. The van der Waals surface area contributed by atoms with Crippen molar-refractivity contribution < 1.29 is 24.2 Å². The highest BCUT2D eigenvalue weighted by atomic mass is 16.6. The van der Waals surface area contributed by atoms with E-state index in [0.29, 0.717) is 12.8 Å². The molecular weight excluding hydrogens is 1150 g/mol. The molecule has 0 spiro atoms. The van der Waals surface area contributed by atoms with Gasteiger partial charge in [-0.15, -0.1) is 0 Å². The third-order valence-electron chi connectivity index (χ3n) is 16.7. The van der Waals surface area contributed by atoms with Gasteiger partial charge in [-0.25, -0.2) is 0 Å². The molecule has 94 heavy (non-hydrogen) atoms. The summed E-state index contributed by atoms with van der Waals surface area (Å²) in [6, 6.07) is 0. The first kappa shape index (κ1) is 89.0. The zero-order valence-corrected chi connectivity index (χ0v) is 61.2. The quantitative estimate of drug-likeness (QED) is 0.0373. The lowest BCUT2D eigenvalue weighted by atomic mass is 10.0. The first-order chi connectivity index (χ1) is 46.6. The number of allylic oxidation sites excluding steroid dienone is 30. The summed E-state index contributed by atoms with van der Waals surface area (Å²) in [5.41, 5.74) is 0. The molecule has 0 aliphatic carbocycles. The summed E-state index contributed by atoms with van der Waals surface area (Å²) in [6.45, 7) is 3.93. The SMILES string of the molecule is CC/C=C\C/C=C\C/C=C\C/C=C\C/C=C\C/C=C\C/C=C\C/C=C\C/C=C\C/C=C\C/C=C\CCCCCCCCCC(=O)OC(CO)COC(=O)CCCCCCCCCCCCCCCCCCCCCCCCCCCC/C=C\C/C=C\C/C=C\C/C=C\CC. The van der Waals surface area contributed by atoms with Crippen LogP contribution in [0.2, 0.25) is 0 Å². The highest BCUT2D eigenvalue weighted by Gasteiger charge is 2.16. The van der Waals surface area contributed by atoms with Gasteiger partial charge in [-0.3, -0.25) is 9.59 Å². The molecule has 0 saturated carbocycles. The standard InChI is InChI=1S/C89H146O5/c1-3-5-7-9-11-13-15-17-19-21-23-25-27-29-31-33-35-37-39-41-43-44-46-48-50-52-54-56-58-60-62-64-66-68-70-72-74-76-78-80-82-84-89(92)94-87(85-90)86-93-88(91)83-81-79-77-75-73-71-69-67-65-63-61-59-57-55-53-51-49-47-45-42-40-38-36-34-32-30-28-26-24-22-20-18-16-14-12-10-8-6-4-2/h5-8,11-14,17-20,23-26,29,31,35,37,41,43,46,48,52,54,58,60,64,66,87,90H,3-4,9-10,15-16,21-22,27-28,30,32-34,36,38-40,42,44-45,47,49-51,53,55-57,59,61-63,65,67-86H2,1-2H3/b7-5-,8-6-,13-11-,14-12-,19-17-,20-18-,25-23-,26-24-,31-29-,37-35-,43-41-,48-46-,54-52-,60-58-,66-64-. The number of unbranched alkanes of at least 4 members (excludes halogenated alkanes) is 33. The molecule has 0 saturated heterocycles. The molecule has 0 radical (unpaired) electrons. The van der Waals surface area contributed by atoms with E-state index in [1.54, 1.807) is 0 Å². The Morgan fingerprint density at radius 2 is 0.426 bits per heavy atom. The Bertz CT molecular complexity index is 2060. The third kappa shape index (κ3) is 79.4. The van der Waals surface area contributed by atoms with Crippen molar-refractivity contribution in [2.75, 3.05) is 13.2 Å². The minimum atomic E-state index is -0.790. The summed E-state index contributed by atoms with van der Waals surface area (Å²) in [6.07, 6.45) is 128. The van der Waals surface area contributed by atoms with Gasteiger partial charge in [-0.05, 0) is 135 Å². The number of aliphatic hydroxyl groups is 1. The van der Waals surface area contributed by atoms with Crippen LogP contribution in [-0.4, -0.2) is 36.4 Å². The first-order valence-electron chi connectivity index (χ1n) is 39.3. The summed E-state index contributed by atoms with van der Waals surface area (Å²) in [7, 11) is 0. The molecule has 0 amide bonds. The van der Waals surface area contributed by atoms with Gasteiger partial charge in [0.15, 0.2) is 6.10 Å². The maximum absolute atomic E-state index is 12.4. The van der Waals surface area contributed by atoms with Gasteiger partial charge in [0.05, 0.1) is 6.61 Å². The van der Waals surface area contributed by atoms with Gasteiger partial charge in [0.25, 0.3) is 0 Å². The van der Waals surface area contributed by atoms with Crippen LogP contribution in [0, 0.1) is 0 Å². The van der Waals surface area contributed by atoms with E-state index in [0.717, 1.165) is 141 Å².